The van der Waals surface area contributed by atoms with E-state index in [0.717, 1.165) is 16.7 Å². The van der Waals surface area contributed by atoms with Crippen molar-refractivity contribution in [2.24, 2.45) is 0 Å². The molecule has 0 amide bonds. The van der Waals surface area contributed by atoms with Crippen LogP contribution in [-0.4, -0.2) is 4.98 Å². The van der Waals surface area contributed by atoms with Crippen molar-refractivity contribution in [1.29, 1.82) is 0 Å². The van der Waals surface area contributed by atoms with Crippen LogP contribution in [0, 0.1) is 6.92 Å². The molecular weight excluding hydrogens is 288 g/mol. The molecule has 2 aromatic rings. The molecule has 3 heteroatoms. The summed E-state index contributed by atoms with van der Waals surface area (Å²) < 4.78 is 1.16. The summed E-state index contributed by atoms with van der Waals surface area (Å²) in [6.07, 6.45) is 1.83. The number of hydrogen-bond acceptors (Lipinski definition) is 2. The summed E-state index contributed by atoms with van der Waals surface area (Å²) in [7, 11) is 0. The lowest BCUT2D eigenvalue weighted by molar-refractivity contribution is 0.561. The van der Waals surface area contributed by atoms with Gasteiger partial charge in [0.05, 0.1) is 5.69 Å². The second-order valence-corrected chi connectivity index (χ2v) is 5.30. The Morgan fingerprint density at radius 3 is 2.78 bits per heavy atom. The molecular formula is C15H17BrN2. The second-order valence-electron chi connectivity index (χ2n) is 4.44. The smallest absolute Gasteiger partial charge is 0.0570 e. The summed E-state index contributed by atoms with van der Waals surface area (Å²) in [4.78, 5) is 4.35. The van der Waals surface area contributed by atoms with Gasteiger partial charge in [0.15, 0.2) is 0 Å². The van der Waals surface area contributed by atoms with Gasteiger partial charge in [-0.1, -0.05) is 34.1 Å². The van der Waals surface area contributed by atoms with Crippen molar-refractivity contribution >= 4 is 15.9 Å². The van der Waals surface area contributed by atoms with Crippen molar-refractivity contribution < 1.29 is 0 Å². The molecule has 18 heavy (non-hydrogen) atoms. The van der Waals surface area contributed by atoms with Crippen LogP contribution in [0.4, 0.5) is 0 Å². The third kappa shape index (κ3) is 3.40. The molecule has 0 fully saturated rings. The van der Waals surface area contributed by atoms with Gasteiger partial charge in [0.25, 0.3) is 0 Å². The van der Waals surface area contributed by atoms with Gasteiger partial charge in [-0.25, -0.2) is 0 Å². The first-order valence-electron chi connectivity index (χ1n) is 6.06. The minimum absolute atomic E-state index is 0.256. The molecule has 0 unspecified atom stereocenters. The Kier molecular flexibility index (Phi) is 4.50. The van der Waals surface area contributed by atoms with Crippen LogP contribution >= 0.6 is 15.9 Å². The van der Waals surface area contributed by atoms with Gasteiger partial charge in [0, 0.05) is 23.3 Å². The molecule has 0 saturated heterocycles. The number of rotatable bonds is 4. The van der Waals surface area contributed by atoms with Gasteiger partial charge >= 0.3 is 0 Å². The van der Waals surface area contributed by atoms with Crippen molar-refractivity contribution in [1.82, 2.24) is 10.3 Å². The first kappa shape index (κ1) is 13.2. The zero-order valence-electron chi connectivity index (χ0n) is 10.7. The van der Waals surface area contributed by atoms with Crippen molar-refractivity contribution in [3.63, 3.8) is 0 Å². The average molecular weight is 305 g/mol. The average Bonchev–Trinajstić information content (AvgIpc) is 2.41. The first-order valence-corrected chi connectivity index (χ1v) is 6.85. The quantitative estimate of drug-likeness (QED) is 0.923. The molecule has 0 aliphatic heterocycles. The van der Waals surface area contributed by atoms with Crippen LogP contribution < -0.4 is 5.32 Å². The van der Waals surface area contributed by atoms with Crippen LogP contribution in [0.1, 0.15) is 29.8 Å². The van der Waals surface area contributed by atoms with E-state index < -0.39 is 0 Å². The Hall–Kier alpha value is -1.19. The monoisotopic (exact) mass is 304 g/mol. The first-order chi connectivity index (χ1) is 8.66. The number of aromatic nitrogens is 1. The van der Waals surface area contributed by atoms with Crippen molar-refractivity contribution in [3.8, 4) is 0 Å². The maximum atomic E-state index is 4.35. The fourth-order valence-electron chi connectivity index (χ4n) is 1.75. The summed E-state index contributed by atoms with van der Waals surface area (Å²) >= 11 is 3.56. The SMILES string of the molecule is Cc1ccc(CN[C@H](C)c2ccccn2)cc1Br. The highest BCUT2D eigenvalue weighted by Gasteiger charge is 2.05. The molecule has 0 radical (unpaired) electrons. The molecule has 94 valence electrons. The Bertz CT molecular complexity index is 511. The van der Waals surface area contributed by atoms with E-state index in [4.69, 9.17) is 0 Å². The molecule has 0 saturated carbocycles. The highest BCUT2D eigenvalue weighted by atomic mass is 79.9. The Labute approximate surface area is 117 Å². The third-order valence-corrected chi connectivity index (χ3v) is 3.83. The largest absolute Gasteiger partial charge is 0.305 e. The van der Waals surface area contributed by atoms with Gasteiger partial charge in [-0.3, -0.25) is 4.98 Å². The van der Waals surface area contributed by atoms with E-state index in [1.807, 2.05) is 24.4 Å². The van der Waals surface area contributed by atoms with Crippen molar-refractivity contribution in [2.45, 2.75) is 26.4 Å². The maximum absolute atomic E-state index is 4.35. The molecule has 0 spiro atoms. The van der Waals surface area contributed by atoms with E-state index in [0.29, 0.717) is 0 Å². The highest BCUT2D eigenvalue weighted by Crippen LogP contribution is 2.18. The van der Waals surface area contributed by atoms with E-state index >= 15 is 0 Å². The predicted molar refractivity (Wildman–Crippen MR) is 78.4 cm³/mol. The third-order valence-electron chi connectivity index (χ3n) is 2.98. The zero-order valence-corrected chi connectivity index (χ0v) is 12.2. The molecule has 2 nitrogen and oxygen atoms in total. The minimum Gasteiger partial charge on any atom is -0.305 e. The number of pyridine rings is 1. The van der Waals surface area contributed by atoms with Gasteiger partial charge in [-0.05, 0) is 43.2 Å². The summed E-state index contributed by atoms with van der Waals surface area (Å²) in [6, 6.07) is 12.7. The molecule has 1 atom stereocenters. The summed E-state index contributed by atoms with van der Waals surface area (Å²) in [5, 5.41) is 3.48. The van der Waals surface area contributed by atoms with Crippen LogP contribution in [0.2, 0.25) is 0 Å². The topological polar surface area (TPSA) is 24.9 Å². The molecule has 0 aliphatic rings. The van der Waals surface area contributed by atoms with E-state index in [9.17, 15) is 0 Å². The van der Waals surface area contributed by atoms with E-state index in [-0.39, 0.29) is 6.04 Å². The zero-order chi connectivity index (χ0) is 13.0. The lowest BCUT2D eigenvalue weighted by Crippen LogP contribution is -2.18. The Balaban J connectivity index is 1.97. The molecule has 2 rings (SSSR count). The van der Waals surface area contributed by atoms with Gasteiger partial charge < -0.3 is 5.32 Å². The number of halogens is 1. The van der Waals surface area contributed by atoms with E-state index in [1.54, 1.807) is 0 Å². The second kappa shape index (κ2) is 6.12. The van der Waals surface area contributed by atoms with Gasteiger partial charge in [-0.15, -0.1) is 0 Å². The van der Waals surface area contributed by atoms with E-state index in [1.165, 1.54) is 11.1 Å². The minimum atomic E-state index is 0.256. The van der Waals surface area contributed by atoms with Crippen LogP contribution in [0.15, 0.2) is 47.1 Å². The van der Waals surface area contributed by atoms with Crippen LogP contribution in [0.25, 0.3) is 0 Å². The van der Waals surface area contributed by atoms with Crippen molar-refractivity contribution in [3.05, 3.63) is 63.9 Å². The summed E-state index contributed by atoms with van der Waals surface area (Å²) in [5.41, 5.74) is 3.61. The summed E-state index contributed by atoms with van der Waals surface area (Å²) in [6.45, 7) is 5.07. The predicted octanol–water partition coefficient (Wildman–Crippen LogP) is 4.00. The van der Waals surface area contributed by atoms with Gasteiger partial charge in [0.2, 0.25) is 0 Å². The number of nitrogens with one attached hydrogen (secondary N) is 1. The normalized spacial score (nSPS) is 12.4. The molecule has 0 aliphatic carbocycles. The Morgan fingerprint density at radius 2 is 2.11 bits per heavy atom. The number of aryl methyl sites for hydroxylation is 1. The number of nitrogens with zero attached hydrogens (tertiary/aromatic N) is 1. The van der Waals surface area contributed by atoms with Crippen LogP contribution in [0.5, 0.6) is 0 Å². The molecule has 0 bridgehead atoms. The molecule has 1 aromatic carbocycles. The van der Waals surface area contributed by atoms with Crippen LogP contribution in [-0.2, 0) is 6.54 Å². The lowest BCUT2D eigenvalue weighted by atomic mass is 10.1. The maximum Gasteiger partial charge on any atom is 0.0570 e. The molecule has 1 aromatic heterocycles. The van der Waals surface area contributed by atoms with Crippen molar-refractivity contribution in [2.75, 3.05) is 0 Å². The number of hydrogen-bond donors (Lipinski definition) is 1. The fourth-order valence-corrected chi connectivity index (χ4v) is 2.18. The highest BCUT2D eigenvalue weighted by molar-refractivity contribution is 9.10. The molecule has 1 N–H and O–H groups in total. The standard InChI is InChI=1S/C15H17BrN2/c1-11-6-7-13(9-14(11)16)10-18-12(2)15-5-3-4-8-17-15/h3-9,12,18H,10H2,1-2H3/t12-/m1/s1. The van der Waals surface area contributed by atoms with Gasteiger partial charge in [0.1, 0.15) is 0 Å². The van der Waals surface area contributed by atoms with Gasteiger partial charge in [-0.2, -0.15) is 0 Å². The van der Waals surface area contributed by atoms with E-state index in [2.05, 4.69) is 58.3 Å². The van der Waals surface area contributed by atoms with Crippen LogP contribution in [0.3, 0.4) is 0 Å². The lowest BCUT2D eigenvalue weighted by Gasteiger charge is -2.13. The molecule has 1 heterocycles. The summed E-state index contributed by atoms with van der Waals surface area (Å²) in [5.74, 6) is 0. The number of benzene rings is 1. The fraction of sp³-hybridized carbons (Fsp3) is 0.267. The Morgan fingerprint density at radius 1 is 1.28 bits per heavy atom.